The van der Waals surface area contributed by atoms with Crippen LogP contribution in [-0.2, 0) is 0 Å². The van der Waals surface area contributed by atoms with Crippen molar-refractivity contribution in [2.45, 2.75) is 4.90 Å². The quantitative estimate of drug-likeness (QED) is 0.347. The van der Waals surface area contributed by atoms with Crippen molar-refractivity contribution in [3.8, 4) is 12.3 Å². The average molecular weight is 324 g/mol. The summed E-state index contributed by atoms with van der Waals surface area (Å²) < 4.78 is 0. The van der Waals surface area contributed by atoms with Crippen LogP contribution in [-0.4, -0.2) is 21.3 Å². The van der Waals surface area contributed by atoms with Crippen LogP contribution in [0.15, 0.2) is 34.3 Å². The monoisotopic (exact) mass is 324 g/mol. The maximum Gasteiger partial charge on any atom is 0.290 e. The van der Waals surface area contributed by atoms with Crippen LogP contribution in [0.3, 0.4) is 0 Å². The Morgan fingerprint density at radius 3 is 2.45 bits per heavy atom. The van der Waals surface area contributed by atoms with Crippen LogP contribution in [0.2, 0.25) is 0 Å². The highest BCUT2D eigenvalue weighted by Crippen LogP contribution is 2.35. The van der Waals surface area contributed by atoms with Crippen molar-refractivity contribution in [1.29, 1.82) is 0 Å². The Kier molecular flexibility index (Phi) is 5.85. The van der Waals surface area contributed by atoms with Crippen molar-refractivity contribution in [1.82, 2.24) is 5.32 Å². The maximum absolute atomic E-state index is 11.0. The van der Waals surface area contributed by atoms with Gasteiger partial charge in [0.15, 0.2) is 0 Å². The summed E-state index contributed by atoms with van der Waals surface area (Å²) >= 11 is 0.681. The van der Waals surface area contributed by atoms with Crippen LogP contribution in [0.4, 0.5) is 11.4 Å². The summed E-state index contributed by atoms with van der Waals surface area (Å²) in [6.45, 7) is -0.0204. The van der Waals surface area contributed by atoms with Crippen molar-refractivity contribution in [2.24, 2.45) is 0 Å². The number of nitro benzene ring substituents is 2. The molecule has 0 aliphatic carbocycles. The predicted octanol–water partition coefficient (Wildman–Crippen LogP) is 1.89. The second-order valence-electron chi connectivity index (χ2n) is 3.60. The second-order valence-corrected chi connectivity index (χ2v) is 4.69. The van der Waals surface area contributed by atoms with Crippen molar-refractivity contribution in [2.75, 3.05) is 6.54 Å². The number of hydrogen-bond acceptors (Lipinski definition) is 8. The normalized spacial score (nSPS) is 10.6. The van der Waals surface area contributed by atoms with E-state index in [2.05, 4.69) is 11.2 Å². The summed E-state index contributed by atoms with van der Waals surface area (Å²) in [5.74, 6) is 2.21. The summed E-state index contributed by atoms with van der Waals surface area (Å²) in [5, 5.41) is 34.7. The summed E-state index contributed by atoms with van der Waals surface area (Å²) in [4.78, 5) is 29.8. The van der Waals surface area contributed by atoms with Crippen molar-refractivity contribution in [3.63, 3.8) is 0 Å². The van der Waals surface area contributed by atoms with Gasteiger partial charge in [0.1, 0.15) is 5.03 Å². The first-order valence-electron chi connectivity index (χ1n) is 5.48. The molecule has 0 aliphatic heterocycles. The van der Waals surface area contributed by atoms with Crippen LogP contribution in [0, 0.1) is 42.7 Å². The zero-order valence-electron chi connectivity index (χ0n) is 10.8. The van der Waals surface area contributed by atoms with Crippen molar-refractivity contribution in [3.05, 3.63) is 59.8 Å². The number of nitrogens with one attached hydrogen (secondary N) is 1. The fourth-order valence-electron chi connectivity index (χ4n) is 1.31. The summed E-state index contributed by atoms with van der Waals surface area (Å²) in [6.07, 6.45) is 5.63. The van der Waals surface area contributed by atoms with Crippen LogP contribution in [0.25, 0.3) is 0 Å². The fraction of sp³-hybridized carbons (Fsp3) is 0.0909. The summed E-state index contributed by atoms with van der Waals surface area (Å²) in [7, 11) is 0. The molecule has 0 atom stereocenters. The highest BCUT2D eigenvalue weighted by atomic mass is 32.2. The minimum Gasteiger partial charge on any atom is -0.364 e. The van der Waals surface area contributed by atoms with E-state index in [4.69, 9.17) is 6.42 Å². The van der Waals surface area contributed by atoms with Crippen LogP contribution in [0.1, 0.15) is 0 Å². The number of nitrogens with zero attached hydrogens (tertiary/aromatic N) is 3. The van der Waals surface area contributed by atoms with E-state index in [9.17, 15) is 30.3 Å². The Balaban J connectivity index is 3.19. The molecule has 114 valence electrons. The Morgan fingerprint density at radius 2 is 1.95 bits per heavy atom. The summed E-state index contributed by atoms with van der Waals surface area (Å²) in [6, 6.07) is 3.00. The van der Waals surface area contributed by atoms with Gasteiger partial charge < -0.3 is 5.32 Å². The van der Waals surface area contributed by atoms with Crippen LogP contribution >= 0.6 is 11.8 Å². The lowest BCUT2D eigenvalue weighted by Crippen LogP contribution is -2.12. The van der Waals surface area contributed by atoms with E-state index in [0.29, 0.717) is 18.0 Å². The number of hydrogen-bond donors (Lipinski definition) is 1. The van der Waals surface area contributed by atoms with E-state index in [0.717, 1.165) is 18.2 Å². The highest BCUT2D eigenvalue weighted by Gasteiger charge is 2.21. The van der Waals surface area contributed by atoms with Crippen molar-refractivity contribution >= 4 is 23.1 Å². The van der Waals surface area contributed by atoms with Gasteiger partial charge in [0.05, 0.1) is 32.3 Å². The zero-order valence-corrected chi connectivity index (χ0v) is 11.6. The molecule has 0 aromatic heterocycles. The second kappa shape index (κ2) is 7.60. The third-order valence-electron chi connectivity index (χ3n) is 2.16. The molecule has 0 saturated carbocycles. The molecule has 1 aromatic rings. The topological polar surface area (TPSA) is 141 Å². The number of thioether (sulfide) groups is 1. The molecular formula is C11H8N4O6S. The van der Waals surface area contributed by atoms with Gasteiger partial charge in [-0.1, -0.05) is 17.7 Å². The fourth-order valence-corrected chi connectivity index (χ4v) is 2.20. The third-order valence-corrected chi connectivity index (χ3v) is 3.19. The molecule has 1 N–H and O–H groups in total. The van der Waals surface area contributed by atoms with Gasteiger partial charge in [0.2, 0.25) is 0 Å². The molecule has 0 fully saturated rings. The Morgan fingerprint density at radius 1 is 1.27 bits per heavy atom. The molecule has 10 nitrogen and oxygen atoms in total. The van der Waals surface area contributed by atoms with Gasteiger partial charge >= 0.3 is 0 Å². The number of non-ortho nitro benzene ring substituents is 1. The molecule has 0 spiro atoms. The molecule has 0 heterocycles. The average Bonchev–Trinajstić information content (AvgIpc) is 2.44. The van der Waals surface area contributed by atoms with Gasteiger partial charge in [-0.2, -0.15) is 0 Å². The van der Waals surface area contributed by atoms with Crippen LogP contribution < -0.4 is 5.32 Å². The highest BCUT2D eigenvalue weighted by molar-refractivity contribution is 8.03. The molecule has 0 aliphatic rings. The van der Waals surface area contributed by atoms with Crippen molar-refractivity contribution < 1.29 is 14.8 Å². The minimum atomic E-state index is -0.805. The molecule has 0 radical (unpaired) electrons. The van der Waals surface area contributed by atoms with E-state index in [1.54, 1.807) is 0 Å². The lowest BCUT2D eigenvalue weighted by molar-refractivity contribution is -0.403. The van der Waals surface area contributed by atoms with Gasteiger partial charge in [-0.25, -0.2) is 0 Å². The Hall–Kier alpha value is -3.13. The molecule has 22 heavy (non-hydrogen) atoms. The first kappa shape index (κ1) is 16.9. The largest absolute Gasteiger partial charge is 0.364 e. The number of benzene rings is 1. The molecule has 0 amide bonds. The first-order valence-corrected chi connectivity index (χ1v) is 6.30. The standard InChI is InChI=1S/C11H8N4O6S/c1-2-5-12-11(7-13(16)17)22-10-4-3-8(14(18)19)6-9(10)15(20)21/h1,3-4,6-7,12H,5H2. The SMILES string of the molecule is C#CCNC(=C[N+](=O)[O-])Sc1ccc([N+](=O)[O-])cc1[N+](=O)[O-]. The molecular weight excluding hydrogens is 316 g/mol. The van der Waals surface area contributed by atoms with E-state index in [1.807, 2.05) is 0 Å². The van der Waals surface area contributed by atoms with E-state index in [-0.39, 0.29) is 16.5 Å². The molecule has 0 unspecified atom stereocenters. The lowest BCUT2D eigenvalue weighted by atomic mass is 10.3. The Bertz CT molecular complexity index is 696. The molecule has 0 saturated heterocycles. The van der Waals surface area contributed by atoms with Gasteiger partial charge in [-0.05, 0) is 6.07 Å². The van der Waals surface area contributed by atoms with Gasteiger partial charge in [-0.3, -0.25) is 30.3 Å². The first-order chi connectivity index (χ1) is 10.3. The van der Waals surface area contributed by atoms with E-state index in [1.165, 1.54) is 0 Å². The maximum atomic E-state index is 11.0. The molecule has 1 rings (SSSR count). The Labute approximate surface area is 127 Å². The summed E-state index contributed by atoms with van der Waals surface area (Å²) in [5.41, 5.74) is -0.983. The lowest BCUT2D eigenvalue weighted by Gasteiger charge is -2.06. The minimum absolute atomic E-state index is 0.00761. The van der Waals surface area contributed by atoms with Gasteiger partial charge in [0.25, 0.3) is 17.6 Å². The molecule has 0 bridgehead atoms. The smallest absolute Gasteiger partial charge is 0.290 e. The third kappa shape index (κ3) is 4.76. The molecule has 1 aromatic carbocycles. The number of rotatable bonds is 7. The van der Waals surface area contributed by atoms with E-state index >= 15 is 0 Å². The number of nitro groups is 3. The zero-order chi connectivity index (χ0) is 16.7. The van der Waals surface area contributed by atoms with E-state index < -0.39 is 26.1 Å². The van der Waals surface area contributed by atoms with Crippen LogP contribution in [0.5, 0.6) is 0 Å². The molecule has 11 heteroatoms. The van der Waals surface area contributed by atoms with Gasteiger partial charge in [0, 0.05) is 6.07 Å². The van der Waals surface area contributed by atoms with Gasteiger partial charge in [-0.15, -0.1) is 6.42 Å². The number of terminal acetylenes is 1. The predicted molar refractivity (Wildman–Crippen MR) is 77.5 cm³/mol.